The van der Waals surface area contributed by atoms with E-state index in [1.807, 2.05) is 6.92 Å². The quantitative estimate of drug-likeness (QED) is 0.748. The topological polar surface area (TPSA) is 12.9 Å². The minimum absolute atomic E-state index is 0.407. The predicted octanol–water partition coefficient (Wildman–Crippen LogP) is 3.43. The summed E-state index contributed by atoms with van der Waals surface area (Å²) in [5.74, 6) is 0. The Kier molecular flexibility index (Phi) is 2.95. The maximum atomic E-state index is 12.1. The molecule has 72 valence electrons. The van der Waals surface area contributed by atoms with E-state index in [4.69, 9.17) is 0 Å². The summed E-state index contributed by atoms with van der Waals surface area (Å²) in [4.78, 5) is 3.70. The summed E-state index contributed by atoms with van der Waals surface area (Å²) in [5, 5.41) is 0. The van der Waals surface area contributed by atoms with Crippen molar-refractivity contribution >= 4 is 15.9 Å². The van der Waals surface area contributed by atoms with E-state index in [9.17, 15) is 13.2 Å². The second-order valence-electron chi connectivity index (χ2n) is 2.50. The normalized spacial score (nSPS) is 11.8. The van der Waals surface area contributed by atoms with Crippen molar-refractivity contribution < 1.29 is 13.2 Å². The molecule has 1 aromatic rings. The molecule has 0 spiro atoms. The fraction of sp³-hybridized carbons (Fsp3) is 0.375. The molecule has 13 heavy (non-hydrogen) atoms. The largest absolute Gasteiger partial charge is 0.417 e. The summed E-state index contributed by atoms with van der Waals surface area (Å²) < 4.78 is 36.8. The number of rotatable bonds is 1. The summed E-state index contributed by atoms with van der Waals surface area (Å²) in [7, 11) is 0. The van der Waals surface area contributed by atoms with Crippen LogP contribution < -0.4 is 0 Å². The number of pyridine rings is 1. The van der Waals surface area contributed by atoms with Gasteiger partial charge in [-0.2, -0.15) is 13.2 Å². The Bertz CT molecular complexity index is 309. The number of alkyl halides is 3. The molecule has 0 aliphatic heterocycles. The first kappa shape index (κ1) is 10.5. The third-order valence-electron chi connectivity index (χ3n) is 1.58. The Labute approximate surface area is 82.1 Å². The predicted molar refractivity (Wildman–Crippen MR) is 46.3 cm³/mol. The van der Waals surface area contributed by atoms with E-state index in [-0.39, 0.29) is 0 Å². The van der Waals surface area contributed by atoms with Crippen LogP contribution >= 0.6 is 15.9 Å². The zero-order chi connectivity index (χ0) is 10.1. The molecule has 1 aromatic heterocycles. The van der Waals surface area contributed by atoms with Crippen LogP contribution in [-0.4, -0.2) is 4.98 Å². The maximum absolute atomic E-state index is 12.1. The number of hydrogen-bond acceptors (Lipinski definition) is 1. The van der Waals surface area contributed by atoms with E-state index >= 15 is 0 Å². The van der Waals surface area contributed by atoms with E-state index in [1.165, 1.54) is 0 Å². The molecule has 0 atom stereocenters. The lowest BCUT2D eigenvalue weighted by molar-refractivity contribution is -0.137. The molecule has 0 unspecified atom stereocenters. The maximum Gasteiger partial charge on any atom is 0.417 e. The summed E-state index contributed by atoms with van der Waals surface area (Å²) in [5.41, 5.74) is -0.0930. The molecule has 0 saturated carbocycles. The molecule has 0 radical (unpaired) electrons. The standard InChI is InChI=1S/C8H7BrF3N/c1-2-7-6(9)3-5(4-13-7)8(10,11)12/h3-4H,2H2,1H3. The molecule has 1 heterocycles. The Hall–Kier alpha value is -0.580. The van der Waals surface area contributed by atoms with Crippen molar-refractivity contribution in [3.8, 4) is 0 Å². The molecule has 5 heteroatoms. The summed E-state index contributed by atoms with van der Waals surface area (Å²) in [6.45, 7) is 1.83. The summed E-state index contributed by atoms with van der Waals surface area (Å²) in [6.07, 6.45) is -2.86. The Morgan fingerprint density at radius 3 is 2.46 bits per heavy atom. The van der Waals surface area contributed by atoms with Gasteiger partial charge in [-0.3, -0.25) is 4.98 Å². The summed E-state index contributed by atoms with van der Waals surface area (Å²) in [6, 6.07) is 1.05. The van der Waals surface area contributed by atoms with Crippen molar-refractivity contribution in [3.63, 3.8) is 0 Å². The lowest BCUT2D eigenvalue weighted by Crippen LogP contribution is -2.06. The fourth-order valence-corrected chi connectivity index (χ4v) is 1.51. The minimum atomic E-state index is -4.32. The van der Waals surface area contributed by atoms with Crippen LogP contribution in [0, 0.1) is 0 Å². The first-order valence-electron chi connectivity index (χ1n) is 3.66. The number of nitrogens with zero attached hydrogens (tertiary/aromatic N) is 1. The van der Waals surface area contributed by atoms with Gasteiger partial charge in [0.2, 0.25) is 0 Å². The van der Waals surface area contributed by atoms with Crippen LogP contribution in [0.5, 0.6) is 0 Å². The van der Waals surface area contributed by atoms with Gasteiger partial charge in [-0.15, -0.1) is 0 Å². The third kappa shape index (κ3) is 2.43. The smallest absolute Gasteiger partial charge is 0.260 e. The van der Waals surface area contributed by atoms with E-state index in [0.717, 1.165) is 12.3 Å². The zero-order valence-electron chi connectivity index (χ0n) is 6.82. The second-order valence-corrected chi connectivity index (χ2v) is 3.36. The van der Waals surface area contributed by atoms with Gasteiger partial charge in [-0.25, -0.2) is 0 Å². The van der Waals surface area contributed by atoms with Crippen LogP contribution in [0.15, 0.2) is 16.7 Å². The molecule has 0 aliphatic rings. The van der Waals surface area contributed by atoms with Crippen LogP contribution in [0.1, 0.15) is 18.2 Å². The molecule has 0 aromatic carbocycles. The van der Waals surface area contributed by atoms with Crippen LogP contribution in [0.25, 0.3) is 0 Å². The van der Waals surface area contributed by atoms with Crippen molar-refractivity contribution in [2.24, 2.45) is 0 Å². The molecule has 0 saturated heterocycles. The highest BCUT2D eigenvalue weighted by Crippen LogP contribution is 2.31. The highest BCUT2D eigenvalue weighted by atomic mass is 79.9. The van der Waals surface area contributed by atoms with Crippen molar-refractivity contribution in [2.45, 2.75) is 19.5 Å². The molecule has 0 amide bonds. The van der Waals surface area contributed by atoms with E-state index in [1.54, 1.807) is 0 Å². The molecule has 0 N–H and O–H groups in total. The van der Waals surface area contributed by atoms with Crippen molar-refractivity contribution in [3.05, 3.63) is 28.0 Å². The Balaban J connectivity index is 3.10. The number of aromatic nitrogens is 1. The first-order valence-corrected chi connectivity index (χ1v) is 4.46. The first-order chi connectivity index (χ1) is 5.95. The number of halogens is 4. The van der Waals surface area contributed by atoms with Crippen LogP contribution in [0.3, 0.4) is 0 Å². The van der Waals surface area contributed by atoms with Gasteiger partial charge in [0.15, 0.2) is 0 Å². The molecule has 1 nitrogen and oxygen atoms in total. The van der Waals surface area contributed by atoms with Crippen LogP contribution in [0.4, 0.5) is 13.2 Å². The Morgan fingerprint density at radius 2 is 2.08 bits per heavy atom. The van der Waals surface area contributed by atoms with Gasteiger partial charge in [0, 0.05) is 10.7 Å². The van der Waals surface area contributed by atoms with Gasteiger partial charge >= 0.3 is 6.18 Å². The monoisotopic (exact) mass is 253 g/mol. The minimum Gasteiger partial charge on any atom is -0.260 e. The highest BCUT2D eigenvalue weighted by molar-refractivity contribution is 9.10. The number of aryl methyl sites for hydroxylation is 1. The van der Waals surface area contributed by atoms with E-state index < -0.39 is 11.7 Å². The van der Waals surface area contributed by atoms with Crippen molar-refractivity contribution in [2.75, 3.05) is 0 Å². The highest BCUT2D eigenvalue weighted by Gasteiger charge is 2.31. The lowest BCUT2D eigenvalue weighted by Gasteiger charge is -2.07. The van der Waals surface area contributed by atoms with E-state index in [2.05, 4.69) is 20.9 Å². The van der Waals surface area contributed by atoms with Crippen LogP contribution in [0.2, 0.25) is 0 Å². The van der Waals surface area contributed by atoms with Crippen molar-refractivity contribution in [1.82, 2.24) is 4.98 Å². The van der Waals surface area contributed by atoms with Crippen molar-refractivity contribution in [1.29, 1.82) is 0 Å². The SMILES string of the molecule is CCc1ncc(C(F)(F)F)cc1Br. The van der Waals surface area contributed by atoms with Gasteiger partial charge in [0.1, 0.15) is 0 Å². The van der Waals surface area contributed by atoms with E-state index in [0.29, 0.717) is 16.6 Å². The Morgan fingerprint density at radius 1 is 1.46 bits per heavy atom. The molecule has 0 aliphatic carbocycles. The number of hydrogen-bond donors (Lipinski definition) is 0. The van der Waals surface area contributed by atoms with Gasteiger partial charge in [-0.05, 0) is 28.4 Å². The molecule has 1 rings (SSSR count). The summed E-state index contributed by atoms with van der Waals surface area (Å²) >= 11 is 3.04. The molecular weight excluding hydrogens is 247 g/mol. The molecule has 0 bridgehead atoms. The lowest BCUT2D eigenvalue weighted by atomic mass is 10.2. The second kappa shape index (κ2) is 3.65. The van der Waals surface area contributed by atoms with Gasteiger partial charge < -0.3 is 0 Å². The fourth-order valence-electron chi connectivity index (χ4n) is 0.881. The molecule has 0 fully saturated rings. The zero-order valence-corrected chi connectivity index (χ0v) is 8.41. The molecular formula is C8H7BrF3N. The average Bonchev–Trinajstić information content (AvgIpc) is 2.02. The van der Waals surface area contributed by atoms with Gasteiger partial charge in [0.05, 0.1) is 11.3 Å². The third-order valence-corrected chi connectivity index (χ3v) is 2.27. The van der Waals surface area contributed by atoms with Crippen LogP contribution in [-0.2, 0) is 12.6 Å². The van der Waals surface area contributed by atoms with Gasteiger partial charge in [-0.1, -0.05) is 6.92 Å². The average molecular weight is 254 g/mol. The van der Waals surface area contributed by atoms with Gasteiger partial charge in [0.25, 0.3) is 0 Å².